The summed E-state index contributed by atoms with van der Waals surface area (Å²) in [6.07, 6.45) is 6.08. The minimum atomic E-state index is -0.244. The minimum Gasteiger partial charge on any atom is -0.342 e. The highest BCUT2D eigenvalue weighted by Gasteiger charge is 2.12. The molecule has 0 aliphatic heterocycles. The second-order valence-electron chi connectivity index (χ2n) is 4.21. The molecule has 2 nitrogen and oxygen atoms in total. The minimum absolute atomic E-state index is 0.00920. The lowest BCUT2D eigenvalue weighted by Crippen LogP contribution is -2.37. The Hall–Kier alpha value is -1.27. The molecule has 1 atom stereocenters. The standard InChI is InChI=1S/C14H16BrNO/c1-4-13(16-14(17)10(2)3)9-11-5-7-12(15)8-6-11/h1,5-8,10,13H,9H2,2-3H3,(H,16,17)/t13-/m0/s1. The summed E-state index contributed by atoms with van der Waals surface area (Å²) >= 11 is 3.38. The molecule has 1 aromatic carbocycles. The lowest BCUT2D eigenvalue weighted by molar-refractivity contribution is -0.124. The molecular formula is C14H16BrNO. The molecule has 0 unspecified atom stereocenters. The number of amides is 1. The third-order valence-electron chi connectivity index (χ3n) is 2.40. The van der Waals surface area contributed by atoms with E-state index >= 15 is 0 Å². The normalized spacial score (nSPS) is 11.9. The summed E-state index contributed by atoms with van der Waals surface area (Å²) in [6, 6.07) is 7.68. The predicted octanol–water partition coefficient (Wildman–Crippen LogP) is 2.77. The topological polar surface area (TPSA) is 29.1 Å². The molecule has 0 saturated heterocycles. The van der Waals surface area contributed by atoms with E-state index in [1.165, 1.54) is 0 Å². The van der Waals surface area contributed by atoms with Crippen LogP contribution >= 0.6 is 15.9 Å². The fourth-order valence-electron chi connectivity index (χ4n) is 1.35. The lowest BCUT2D eigenvalue weighted by atomic mass is 10.1. The first-order valence-electron chi connectivity index (χ1n) is 5.54. The first-order chi connectivity index (χ1) is 8.02. The van der Waals surface area contributed by atoms with Crippen LogP contribution in [0.1, 0.15) is 19.4 Å². The van der Waals surface area contributed by atoms with Crippen molar-refractivity contribution in [2.24, 2.45) is 5.92 Å². The van der Waals surface area contributed by atoms with Crippen LogP contribution in [0.3, 0.4) is 0 Å². The van der Waals surface area contributed by atoms with Gasteiger partial charge in [0.15, 0.2) is 0 Å². The molecule has 1 rings (SSSR count). The number of hydrogen-bond donors (Lipinski definition) is 1. The number of benzene rings is 1. The fraction of sp³-hybridized carbons (Fsp3) is 0.357. The molecule has 0 aliphatic carbocycles. The van der Waals surface area contributed by atoms with Crippen molar-refractivity contribution in [1.29, 1.82) is 0 Å². The molecule has 90 valence electrons. The van der Waals surface area contributed by atoms with E-state index in [0.29, 0.717) is 6.42 Å². The van der Waals surface area contributed by atoms with E-state index in [0.717, 1.165) is 10.0 Å². The summed E-state index contributed by atoms with van der Waals surface area (Å²) in [5.74, 6) is 2.55. The maximum absolute atomic E-state index is 11.5. The van der Waals surface area contributed by atoms with Gasteiger partial charge >= 0.3 is 0 Å². The number of halogens is 1. The van der Waals surface area contributed by atoms with Crippen molar-refractivity contribution in [3.63, 3.8) is 0 Å². The highest BCUT2D eigenvalue weighted by molar-refractivity contribution is 9.10. The summed E-state index contributed by atoms with van der Waals surface area (Å²) in [6.45, 7) is 3.70. The summed E-state index contributed by atoms with van der Waals surface area (Å²) in [5, 5.41) is 2.84. The van der Waals surface area contributed by atoms with Gasteiger partial charge in [-0.15, -0.1) is 6.42 Å². The summed E-state index contributed by atoms with van der Waals surface area (Å²) in [4.78, 5) is 11.5. The fourth-order valence-corrected chi connectivity index (χ4v) is 1.61. The average Bonchev–Trinajstić information content (AvgIpc) is 2.30. The van der Waals surface area contributed by atoms with Gasteiger partial charge in [0, 0.05) is 16.8 Å². The van der Waals surface area contributed by atoms with Gasteiger partial charge in [0.2, 0.25) is 5.91 Å². The number of terminal acetylenes is 1. The third-order valence-corrected chi connectivity index (χ3v) is 2.92. The highest BCUT2D eigenvalue weighted by Crippen LogP contribution is 2.12. The molecule has 0 fully saturated rings. The van der Waals surface area contributed by atoms with Crippen molar-refractivity contribution in [3.05, 3.63) is 34.3 Å². The Morgan fingerprint density at radius 1 is 1.41 bits per heavy atom. The quantitative estimate of drug-likeness (QED) is 0.850. The molecule has 0 aromatic heterocycles. The molecule has 0 aliphatic rings. The van der Waals surface area contributed by atoms with Crippen LogP contribution in [0.2, 0.25) is 0 Å². The van der Waals surface area contributed by atoms with Crippen LogP contribution in [0.4, 0.5) is 0 Å². The first kappa shape index (κ1) is 13.8. The van der Waals surface area contributed by atoms with Crippen molar-refractivity contribution >= 4 is 21.8 Å². The van der Waals surface area contributed by atoms with E-state index in [-0.39, 0.29) is 17.9 Å². The van der Waals surface area contributed by atoms with Crippen LogP contribution in [-0.2, 0) is 11.2 Å². The number of rotatable bonds is 4. The third kappa shape index (κ3) is 4.62. The monoisotopic (exact) mass is 293 g/mol. The molecule has 0 bridgehead atoms. The van der Waals surface area contributed by atoms with Crippen molar-refractivity contribution in [2.45, 2.75) is 26.3 Å². The van der Waals surface area contributed by atoms with Gasteiger partial charge < -0.3 is 5.32 Å². The molecule has 1 amide bonds. The van der Waals surface area contributed by atoms with Gasteiger partial charge in [-0.2, -0.15) is 0 Å². The lowest BCUT2D eigenvalue weighted by Gasteiger charge is -2.14. The van der Waals surface area contributed by atoms with Gasteiger partial charge in [-0.25, -0.2) is 0 Å². The van der Waals surface area contributed by atoms with E-state index in [4.69, 9.17) is 6.42 Å². The molecule has 0 radical (unpaired) electrons. The van der Waals surface area contributed by atoms with Gasteiger partial charge in [-0.3, -0.25) is 4.79 Å². The SMILES string of the molecule is C#C[C@@H](Cc1ccc(Br)cc1)NC(=O)C(C)C. The van der Waals surface area contributed by atoms with E-state index < -0.39 is 0 Å². The van der Waals surface area contributed by atoms with Crippen molar-refractivity contribution < 1.29 is 4.79 Å². The van der Waals surface area contributed by atoms with E-state index in [1.807, 2.05) is 38.1 Å². The van der Waals surface area contributed by atoms with E-state index in [9.17, 15) is 4.79 Å². The van der Waals surface area contributed by atoms with Crippen molar-refractivity contribution in [3.8, 4) is 12.3 Å². The highest BCUT2D eigenvalue weighted by atomic mass is 79.9. The van der Waals surface area contributed by atoms with Crippen LogP contribution in [0.15, 0.2) is 28.7 Å². The van der Waals surface area contributed by atoms with Crippen molar-refractivity contribution in [1.82, 2.24) is 5.32 Å². The Bertz CT molecular complexity index is 417. The van der Waals surface area contributed by atoms with Gasteiger partial charge in [-0.05, 0) is 17.7 Å². The second-order valence-corrected chi connectivity index (χ2v) is 5.13. The van der Waals surface area contributed by atoms with Crippen LogP contribution in [0.25, 0.3) is 0 Å². The Kier molecular flexibility index (Phi) is 5.24. The summed E-state index contributed by atoms with van der Waals surface area (Å²) in [7, 11) is 0. The molecule has 17 heavy (non-hydrogen) atoms. The van der Waals surface area contributed by atoms with Crippen LogP contribution < -0.4 is 5.32 Å². The summed E-state index contributed by atoms with van der Waals surface area (Å²) < 4.78 is 1.03. The maximum atomic E-state index is 11.5. The zero-order valence-electron chi connectivity index (χ0n) is 10.0. The van der Waals surface area contributed by atoms with Crippen LogP contribution in [0, 0.1) is 18.3 Å². The second kappa shape index (κ2) is 6.46. The zero-order chi connectivity index (χ0) is 12.8. The number of carbonyl (C=O) groups is 1. The van der Waals surface area contributed by atoms with Crippen LogP contribution in [0.5, 0.6) is 0 Å². The Morgan fingerprint density at radius 3 is 2.47 bits per heavy atom. The maximum Gasteiger partial charge on any atom is 0.223 e. The van der Waals surface area contributed by atoms with E-state index in [2.05, 4.69) is 27.2 Å². The largest absolute Gasteiger partial charge is 0.342 e. The van der Waals surface area contributed by atoms with E-state index in [1.54, 1.807) is 0 Å². The summed E-state index contributed by atoms with van der Waals surface area (Å²) in [5.41, 5.74) is 1.11. The van der Waals surface area contributed by atoms with Crippen LogP contribution in [-0.4, -0.2) is 11.9 Å². The Balaban J connectivity index is 2.62. The number of nitrogens with one attached hydrogen (secondary N) is 1. The number of carbonyl (C=O) groups excluding carboxylic acids is 1. The molecule has 0 saturated carbocycles. The molecule has 0 heterocycles. The molecule has 0 spiro atoms. The zero-order valence-corrected chi connectivity index (χ0v) is 11.6. The number of hydrogen-bond acceptors (Lipinski definition) is 1. The molecule has 1 aromatic rings. The molecule has 3 heteroatoms. The Labute approximate surface area is 111 Å². The van der Waals surface area contributed by atoms with Gasteiger partial charge in [0.25, 0.3) is 0 Å². The molecule has 1 N–H and O–H groups in total. The smallest absolute Gasteiger partial charge is 0.223 e. The van der Waals surface area contributed by atoms with Crippen molar-refractivity contribution in [2.75, 3.05) is 0 Å². The van der Waals surface area contributed by atoms with Gasteiger partial charge in [0.1, 0.15) is 0 Å². The first-order valence-corrected chi connectivity index (χ1v) is 6.33. The van der Waals surface area contributed by atoms with Gasteiger partial charge in [-0.1, -0.05) is 47.8 Å². The van der Waals surface area contributed by atoms with Gasteiger partial charge in [0.05, 0.1) is 6.04 Å². The average molecular weight is 294 g/mol. The predicted molar refractivity (Wildman–Crippen MR) is 73.4 cm³/mol. The molecular weight excluding hydrogens is 278 g/mol. The Morgan fingerprint density at radius 2 is 2.00 bits per heavy atom.